The molecule has 0 aliphatic heterocycles. The van der Waals surface area contributed by atoms with Crippen LogP contribution in [0.3, 0.4) is 0 Å². The van der Waals surface area contributed by atoms with Crippen molar-refractivity contribution in [2.24, 2.45) is 0 Å². The summed E-state index contributed by atoms with van der Waals surface area (Å²) in [5, 5.41) is 12.8. The molecule has 2 aromatic carbocycles. The lowest BCUT2D eigenvalue weighted by Crippen LogP contribution is -1.96. The third-order valence-corrected chi connectivity index (χ3v) is 4.28. The number of fused-ring (bicyclic) bond motifs is 1. The van der Waals surface area contributed by atoms with Gasteiger partial charge in [0.2, 0.25) is 0 Å². The molecule has 0 aliphatic rings. The standard InChI is InChI=1S/C15H9ClO2S/c16-13-5-4-10(15(17)18)8-12(13)11-3-1-2-9-6-7-19-14(9)11/h1-8H,(H,17,18). The number of aromatic carboxylic acids is 1. The van der Waals surface area contributed by atoms with Gasteiger partial charge in [0.1, 0.15) is 0 Å². The molecule has 0 radical (unpaired) electrons. The number of benzene rings is 2. The Morgan fingerprint density at radius 3 is 2.74 bits per heavy atom. The number of carbonyl (C=O) groups is 1. The van der Waals surface area contributed by atoms with Gasteiger partial charge in [0, 0.05) is 20.8 Å². The average molecular weight is 289 g/mol. The second-order valence-electron chi connectivity index (χ2n) is 4.14. The van der Waals surface area contributed by atoms with Gasteiger partial charge in [-0.1, -0.05) is 29.8 Å². The molecule has 3 aromatic rings. The van der Waals surface area contributed by atoms with E-state index in [2.05, 4.69) is 0 Å². The van der Waals surface area contributed by atoms with Crippen LogP contribution in [0.4, 0.5) is 0 Å². The van der Waals surface area contributed by atoms with Gasteiger partial charge in [0.05, 0.1) is 5.56 Å². The van der Waals surface area contributed by atoms with E-state index >= 15 is 0 Å². The van der Waals surface area contributed by atoms with Crippen LogP contribution in [-0.2, 0) is 0 Å². The van der Waals surface area contributed by atoms with Crippen molar-refractivity contribution in [3.8, 4) is 11.1 Å². The number of hydrogen-bond acceptors (Lipinski definition) is 2. The summed E-state index contributed by atoms with van der Waals surface area (Å²) in [4.78, 5) is 11.1. The Hall–Kier alpha value is -1.84. The van der Waals surface area contributed by atoms with E-state index in [-0.39, 0.29) is 5.56 Å². The maximum Gasteiger partial charge on any atom is 0.335 e. The van der Waals surface area contributed by atoms with Gasteiger partial charge in [-0.25, -0.2) is 4.79 Å². The quantitative estimate of drug-likeness (QED) is 0.727. The Labute approximate surface area is 118 Å². The van der Waals surface area contributed by atoms with Gasteiger partial charge in [-0.3, -0.25) is 0 Å². The van der Waals surface area contributed by atoms with Gasteiger partial charge < -0.3 is 5.11 Å². The number of hydrogen-bond donors (Lipinski definition) is 1. The van der Waals surface area contributed by atoms with E-state index in [4.69, 9.17) is 16.7 Å². The molecule has 1 N–H and O–H groups in total. The normalized spacial score (nSPS) is 10.8. The first-order valence-electron chi connectivity index (χ1n) is 5.66. The summed E-state index contributed by atoms with van der Waals surface area (Å²) in [5.41, 5.74) is 1.98. The van der Waals surface area contributed by atoms with Gasteiger partial charge in [0.15, 0.2) is 0 Å². The Balaban J connectivity index is 2.29. The monoisotopic (exact) mass is 288 g/mol. The van der Waals surface area contributed by atoms with Crippen LogP contribution in [0, 0.1) is 0 Å². The number of rotatable bonds is 2. The molecule has 1 aromatic heterocycles. The first kappa shape index (κ1) is 12.2. The third-order valence-electron chi connectivity index (χ3n) is 2.98. The van der Waals surface area contributed by atoms with Crippen LogP contribution in [-0.4, -0.2) is 11.1 Å². The number of carboxylic acid groups (broad SMARTS) is 1. The molecule has 0 bridgehead atoms. The van der Waals surface area contributed by atoms with Crippen molar-refractivity contribution in [2.45, 2.75) is 0 Å². The lowest BCUT2D eigenvalue weighted by atomic mass is 10.0. The van der Waals surface area contributed by atoms with E-state index in [1.807, 2.05) is 29.6 Å². The van der Waals surface area contributed by atoms with Crippen LogP contribution in [0.15, 0.2) is 47.8 Å². The molecule has 0 amide bonds. The van der Waals surface area contributed by atoms with Crippen molar-refractivity contribution in [1.29, 1.82) is 0 Å². The molecule has 0 spiro atoms. The van der Waals surface area contributed by atoms with Crippen molar-refractivity contribution in [3.63, 3.8) is 0 Å². The molecule has 1 heterocycles. The van der Waals surface area contributed by atoms with Crippen molar-refractivity contribution in [3.05, 3.63) is 58.4 Å². The molecule has 0 saturated carbocycles. The highest BCUT2D eigenvalue weighted by molar-refractivity contribution is 7.17. The summed E-state index contributed by atoms with van der Waals surface area (Å²) in [7, 11) is 0. The van der Waals surface area contributed by atoms with Gasteiger partial charge in [-0.2, -0.15) is 0 Å². The number of carboxylic acids is 1. The van der Waals surface area contributed by atoms with Crippen LogP contribution in [0.1, 0.15) is 10.4 Å². The molecule has 19 heavy (non-hydrogen) atoms. The molecule has 0 fully saturated rings. The molecule has 3 rings (SSSR count). The van der Waals surface area contributed by atoms with Gasteiger partial charge >= 0.3 is 5.97 Å². The van der Waals surface area contributed by atoms with E-state index in [0.717, 1.165) is 21.2 Å². The summed E-state index contributed by atoms with van der Waals surface area (Å²) in [6.07, 6.45) is 0. The highest BCUT2D eigenvalue weighted by Crippen LogP contribution is 2.36. The van der Waals surface area contributed by atoms with Crippen LogP contribution in [0.25, 0.3) is 21.2 Å². The van der Waals surface area contributed by atoms with E-state index < -0.39 is 5.97 Å². The fourth-order valence-electron chi connectivity index (χ4n) is 2.07. The Morgan fingerprint density at radius 1 is 1.11 bits per heavy atom. The zero-order valence-electron chi connectivity index (χ0n) is 9.76. The van der Waals surface area contributed by atoms with Gasteiger partial charge in [-0.15, -0.1) is 11.3 Å². The van der Waals surface area contributed by atoms with Crippen molar-refractivity contribution < 1.29 is 9.90 Å². The number of halogens is 1. The Morgan fingerprint density at radius 2 is 1.95 bits per heavy atom. The van der Waals surface area contributed by atoms with Crippen molar-refractivity contribution in [2.75, 3.05) is 0 Å². The van der Waals surface area contributed by atoms with E-state index in [1.54, 1.807) is 23.5 Å². The maximum absolute atomic E-state index is 11.1. The van der Waals surface area contributed by atoms with Crippen LogP contribution < -0.4 is 0 Å². The Kier molecular flexibility index (Phi) is 3.01. The lowest BCUT2D eigenvalue weighted by molar-refractivity contribution is 0.0697. The molecule has 0 saturated heterocycles. The van der Waals surface area contributed by atoms with Gasteiger partial charge in [-0.05, 0) is 35.0 Å². The molecule has 0 unspecified atom stereocenters. The predicted molar refractivity (Wildman–Crippen MR) is 79.2 cm³/mol. The summed E-state index contributed by atoms with van der Waals surface area (Å²) in [6.45, 7) is 0. The predicted octanol–water partition coefficient (Wildman–Crippen LogP) is 4.92. The fraction of sp³-hybridized carbons (Fsp3) is 0. The maximum atomic E-state index is 11.1. The highest BCUT2D eigenvalue weighted by atomic mass is 35.5. The minimum atomic E-state index is -0.948. The van der Waals surface area contributed by atoms with Crippen molar-refractivity contribution in [1.82, 2.24) is 0 Å². The second-order valence-corrected chi connectivity index (χ2v) is 5.47. The number of thiophene rings is 1. The summed E-state index contributed by atoms with van der Waals surface area (Å²) < 4.78 is 1.12. The summed E-state index contributed by atoms with van der Waals surface area (Å²) >= 11 is 7.84. The second kappa shape index (κ2) is 4.68. The first-order chi connectivity index (χ1) is 9.16. The topological polar surface area (TPSA) is 37.3 Å². The largest absolute Gasteiger partial charge is 0.478 e. The average Bonchev–Trinajstić information content (AvgIpc) is 2.87. The van der Waals surface area contributed by atoms with Crippen LogP contribution in [0.2, 0.25) is 5.02 Å². The minimum Gasteiger partial charge on any atom is -0.478 e. The molecule has 4 heteroatoms. The van der Waals surface area contributed by atoms with Gasteiger partial charge in [0.25, 0.3) is 0 Å². The van der Waals surface area contributed by atoms with Crippen LogP contribution >= 0.6 is 22.9 Å². The molecule has 0 atom stereocenters. The van der Waals surface area contributed by atoms with E-state index in [9.17, 15) is 4.79 Å². The Bertz CT molecular complexity index is 777. The van der Waals surface area contributed by atoms with E-state index in [0.29, 0.717) is 5.02 Å². The zero-order chi connectivity index (χ0) is 13.4. The fourth-order valence-corrected chi connectivity index (χ4v) is 3.22. The molecule has 0 aliphatic carbocycles. The molecular weight excluding hydrogens is 280 g/mol. The SMILES string of the molecule is O=C(O)c1ccc(Cl)c(-c2cccc3ccsc23)c1. The molecule has 2 nitrogen and oxygen atoms in total. The van der Waals surface area contributed by atoms with Crippen LogP contribution in [0.5, 0.6) is 0 Å². The molecular formula is C15H9ClO2S. The van der Waals surface area contributed by atoms with E-state index in [1.165, 1.54) is 6.07 Å². The summed E-state index contributed by atoms with van der Waals surface area (Å²) in [5.74, 6) is -0.948. The first-order valence-corrected chi connectivity index (χ1v) is 6.92. The zero-order valence-corrected chi connectivity index (χ0v) is 11.3. The summed E-state index contributed by atoms with van der Waals surface area (Å²) in [6, 6.07) is 12.8. The minimum absolute atomic E-state index is 0.243. The molecule has 94 valence electrons. The lowest BCUT2D eigenvalue weighted by Gasteiger charge is -2.07. The highest BCUT2D eigenvalue weighted by Gasteiger charge is 2.12. The third kappa shape index (κ3) is 2.11. The smallest absolute Gasteiger partial charge is 0.335 e. The van der Waals surface area contributed by atoms with Crippen molar-refractivity contribution >= 4 is 39.0 Å².